The van der Waals surface area contributed by atoms with Gasteiger partial charge < -0.3 is 0 Å². The quantitative estimate of drug-likeness (QED) is 0.765. The Labute approximate surface area is 128 Å². The molecule has 1 heterocycles. The lowest BCUT2D eigenvalue weighted by Crippen LogP contribution is -2.29. The zero-order chi connectivity index (χ0) is 14.7. The number of carbonyl (C=O) groups is 2. The van der Waals surface area contributed by atoms with Gasteiger partial charge in [0, 0.05) is 11.6 Å². The Morgan fingerprint density at radius 1 is 1.25 bits per heavy atom. The van der Waals surface area contributed by atoms with Crippen molar-refractivity contribution in [2.75, 3.05) is 6.54 Å². The van der Waals surface area contributed by atoms with E-state index in [2.05, 4.69) is 0 Å². The van der Waals surface area contributed by atoms with Crippen LogP contribution in [0.5, 0.6) is 0 Å². The van der Waals surface area contributed by atoms with Crippen LogP contribution in [-0.4, -0.2) is 22.6 Å². The summed E-state index contributed by atoms with van der Waals surface area (Å²) in [6.45, 7) is 4.40. The van der Waals surface area contributed by atoms with Crippen molar-refractivity contribution in [2.24, 2.45) is 0 Å². The van der Waals surface area contributed by atoms with E-state index in [0.29, 0.717) is 16.5 Å². The predicted octanol–water partition coefficient (Wildman–Crippen LogP) is 4.57. The van der Waals surface area contributed by atoms with E-state index in [4.69, 9.17) is 11.6 Å². The fraction of sp³-hybridized carbons (Fsp3) is 0.333. The molecule has 0 bridgehead atoms. The number of unbranched alkanes of at least 4 members (excludes halogenated alkanes) is 1. The Morgan fingerprint density at radius 3 is 2.50 bits per heavy atom. The maximum absolute atomic E-state index is 12.3. The molecule has 1 aliphatic heterocycles. The molecule has 1 fully saturated rings. The number of halogens is 1. The SMILES string of the molecule is CCCCN1C(=O)S/C(=C(/C)c2ccc(Cl)cc2)C1=O. The highest BCUT2D eigenvalue weighted by Gasteiger charge is 2.35. The van der Waals surface area contributed by atoms with Crippen LogP contribution in [0, 0.1) is 0 Å². The minimum Gasteiger partial charge on any atom is -0.268 e. The summed E-state index contributed by atoms with van der Waals surface area (Å²) in [5.41, 5.74) is 1.74. The van der Waals surface area contributed by atoms with Gasteiger partial charge in [0.25, 0.3) is 11.1 Å². The fourth-order valence-electron chi connectivity index (χ4n) is 1.97. The van der Waals surface area contributed by atoms with Gasteiger partial charge >= 0.3 is 0 Å². The predicted molar refractivity (Wildman–Crippen MR) is 83.7 cm³/mol. The summed E-state index contributed by atoms with van der Waals surface area (Å²) in [5.74, 6) is -0.180. The lowest BCUT2D eigenvalue weighted by Gasteiger charge is -2.11. The molecule has 0 radical (unpaired) electrons. The zero-order valence-corrected chi connectivity index (χ0v) is 13.1. The van der Waals surface area contributed by atoms with Crippen LogP contribution in [0.25, 0.3) is 5.57 Å². The summed E-state index contributed by atoms with van der Waals surface area (Å²) in [6, 6.07) is 7.28. The number of rotatable bonds is 4. The van der Waals surface area contributed by atoms with Crippen LogP contribution in [0.2, 0.25) is 5.02 Å². The second-order valence-corrected chi connectivity index (χ2v) is 6.04. The first kappa shape index (κ1) is 15.1. The molecule has 1 aromatic carbocycles. The Kier molecular flexibility index (Phi) is 4.89. The number of hydrogen-bond acceptors (Lipinski definition) is 3. The minimum absolute atomic E-state index is 0.174. The highest BCUT2D eigenvalue weighted by molar-refractivity contribution is 8.18. The topological polar surface area (TPSA) is 37.4 Å². The Morgan fingerprint density at radius 2 is 1.90 bits per heavy atom. The standard InChI is InChI=1S/C15H16ClNO2S/c1-3-4-9-17-14(18)13(20-15(17)19)10(2)11-5-7-12(16)8-6-11/h5-8H,3-4,9H2,1-2H3/b13-10-. The van der Waals surface area contributed by atoms with Crippen LogP contribution in [-0.2, 0) is 4.79 Å². The Hall–Kier alpha value is -1.26. The van der Waals surface area contributed by atoms with E-state index in [9.17, 15) is 9.59 Å². The summed E-state index contributed by atoms with van der Waals surface area (Å²) in [5, 5.41) is 0.476. The monoisotopic (exact) mass is 309 g/mol. The van der Waals surface area contributed by atoms with E-state index >= 15 is 0 Å². The van der Waals surface area contributed by atoms with Crippen molar-refractivity contribution in [3.8, 4) is 0 Å². The first-order valence-electron chi connectivity index (χ1n) is 6.55. The van der Waals surface area contributed by atoms with E-state index in [-0.39, 0.29) is 11.1 Å². The number of nitrogens with zero attached hydrogens (tertiary/aromatic N) is 1. The van der Waals surface area contributed by atoms with Crippen LogP contribution < -0.4 is 0 Å². The Balaban J connectivity index is 2.28. The number of amides is 2. The van der Waals surface area contributed by atoms with Gasteiger partial charge in [0.2, 0.25) is 0 Å². The van der Waals surface area contributed by atoms with Crippen LogP contribution >= 0.6 is 23.4 Å². The molecule has 0 N–H and O–H groups in total. The van der Waals surface area contributed by atoms with Gasteiger partial charge in [0.1, 0.15) is 0 Å². The second kappa shape index (κ2) is 6.46. The van der Waals surface area contributed by atoms with Crippen LogP contribution in [0.1, 0.15) is 32.3 Å². The molecular weight excluding hydrogens is 294 g/mol. The lowest BCUT2D eigenvalue weighted by atomic mass is 10.1. The maximum Gasteiger partial charge on any atom is 0.293 e. The number of allylic oxidation sites excluding steroid dienone is 1. The fourth-order valence-corrected chi connectivity index (χ4v) is 3.02. The molecule has 2 rings (SSSR count). The van der Waals surface area contributed by atoms with E-state index in [1.165, 1.54) is 4.90 Å². The third kappa shape index (κ3) is 3.07. The smallest absolute Gasteiger partial charge is 0.268 e. The van der Waals surface area contributed by atoms with Crippen molar-refractivity contribution >= 4 is 40.1 Å². The van der Waals surface area contributed by atoms with Gasteiger partial charge in [0.15, 0.2) is 0 Å². The molecule has 0 aromatic heterocycles. The van der Waals surface area contributed by atoms with Crippen LogP contribution in [0.4, 0.5) is 4.79 Å². The van der Waals surface area contributed by atoms with Crippen LogP contribution in [0.15, 0.2) is 29.2 Å². The van der Waals surface area contributed by atoms with Crippen molar-refractivity contribution < 1.29 is 9.59 Å². The average Bonchev–Trinajstić information content (AvgIpc) is 2.72. The molecule has 1 saturated heterocycles. The van der Waals surface area contributed by atoms with Crippen molar-refractivity contribution in [3.05, 3.63) is 39.8 Å². The summed E-state index contributed by atoms with van der Waals surface area (Å²) < 4.78 is 0. The molecule has 0 atom stereocenters. The summed E-state index contributed by atoms with van der Waals surface area (Å²) in [7, 11) is 0. The van der Waals surface area contributed by atoms with Crippen molar-refractivity contribution in [2.45, 2.75) is 26.7 Å². The van der Waals surface area contributed by atoms with Gasteiger partial charge in [0.05, 0.1) is 4.91 Å². The number of benzene rings is 1. The van der Waals surface area contributed by atoms with Gasteiger partial charge in [-0.1, -0.05) is 37.1 Å². The second-order valence-electron chi connectivity index (χ2n) is 4.64. The number of hydrogen-bond donors (Lipinski definition) is 0. The number of imide groups is 1. The summed E-state index contributed by atoms with van der Waals surface area (Å²) in [4.78, 5) is 26.1. The van der Waals surface area contributed by atoms with E-state index in [0.717, 1.165) is 35.7 Å². The zero-order valence-electron chi connectivity index (χ0n) is 11.5. The van der Waals surface area contributed by atoms with E-state index in [1.807, 2.05) is 26.0 Å². The number of thioether (sulfide) groups is 1. The molecular formula is C15H16ClNO2S. The van der Waals surface area contributed by atoms with Crippen molar-refractivity contribution in [1.29, 1.82) is 0 Å². The highest BCUT2D eigenvalue weighted by Crippen LogP contribution is 2.36. The lowest BCUT2D eigenvalue weighted by molar-refractivity contribution is -0.122. The highest BCUT2D eigenvalue weighted by atomic mass is 35.5. The van der Waals surface area contributed by atoms with Gasteiger partial charge in [-0.25, -0.2) is 0 Å². The maximum atomic E-state index is 12.3. The largest absolute Gasteiger partial charge is 0.293 e. The molecule has 20 heavy (non-hydrogen) atoms. The molecule has 0 aliphatic carbocycles. The van der Waals surface area contributed by atoms with Gasteiger partial charge in [-0.05, 0) is 48.4 Å². The average molecular weight is 310 g/mol. The van der Waals surface area contributed by atoms with Gasteiger partial charge in [-0.2, -0.15) is 0 Å². The minimum atomic E-state index is -0.180. The van der Waals surface area contributed by atoms with Crippen molar-refractivity contribution in [3.63, 3.8) is 0 Å². The molecule has 1 aliphatic rings. The normalized spacial score (nSPS) is 17.9. The van der Waals surface area contributed by atoms with Gasteiger partial charge in [-0.15, -0.1) is 0 Å². The number of carbonyl (C=O) groups excluding carboxylic acids is 2. The third-order valence-corrected chi connectivity index (χ3v) is 4.53. The van der Waals surface area contributed by atoms with E-state index in [1.54, 1.807) is 12.1 Å². The summed E-state index contributed by atoms with van der Waals surface area (Å²) >= 11 is 6.88. The molecule has 1 aromatic rings. The molecule has 3 nitrogen and oxygen atoms in total. The molecule has 0 saturated carbocycles. The van der Waals surface area contributed by atoms with Crippen LogP contribution in [0.3, 0.4) is 0 Å². The molecule has 5 heteroatoms. The summed E-state index contributed by atoms with van der Waals surface area (Å²) in [6.07, 6.45) is 1.79. The van der Waals surface area contributed by atoms with Crippen molar-refractivity contribution in [1.82, 2.24) is 4.90 Å². The first-order chi connectivity index (χ1) is 9.54. The molecule has 0 unspecified atom stereocenters. The molecule has 2 amide bonds. The third-order valence-electron chi connectivity index (χ3n) is 3.20. The van der Waals surface area contributed by atoms with E-state index < -0.39 is 0 Å². The first-order valence-corrected chi connectivity index (χ1v) is 7.74. The molecule has 0 spiro atoms. The van der Waals surface area contributed by atoms with Gasteiger partial charge in [-0.3, -0.25) is 14.5 Å². The Bertz CT molecular complexity index is 566. The molecule has 106 valence electrons.